The summed E-state index contributed by atoms with van der Waals surface area (Å²) in [6, 6.07) is 3.70. The molecule has 0 spiro atoms. The molecule has 0 saturated carbocycles. The number of rotatable bonds is 5. The zero-order valence-electron chi connectivity index (χ0n) is 16.8. The molecule has 9 nitrogen and oxygen atoms in total. The summed E-state index contributed by atoms with van der Waals surface area (Å²) in [5.74, 6) is -1.01. The fourth-order valence-electron chi connectivity index (χ4n) is 3.12. The summed E-state index contributed by atoms with van der Waals surface area (Å²) in [5, 5.41) is 15.7. The van der Waals surface area contributed by atoms with E-state index in [4.69, 9.17) is 9.90 Å². The summed E-state index contributed by atoms with van der Waals surface area (Å²) in [6.45, 7) is 2.92. The number of aliphatic carboxylic acids is 1. The van der Waals surface area contributed by atoms with Gasteiger partial charge < -0.3 is 5.11 Å². The topological polar surface area (TPSA) is 115 Å². The lowest BCUT2D eigenvalue weighted by atomic mass is 10.2. The Morgan fingerprint density at radius 1 is 1.28 bits per heavy atom. The van der Waals surface area contributed by atoms with Crippen molar-refractivity contribution in [2.45, 2.75) is 45.3 Å². The van der Waals surface area contributed by atoms with Crippen LogP contribution in [0.15, 0.2) is 34.3 Å². The number of aromatic nitrogens is 5. The second kappa shape index (κ2) is 9.59. The first-order chi connectivity index (χ1) is 15.1. The van der Waals surface area contributed by atoms with Crippen molar-refractivity contribution in [3.63, 3.8) is 0 Å². The lowest BCUT2D eigenvalue weighted by molar-refractivity contribution is -0.192. The van der Waals surface area contributed by atoms with Crippen LogP contribution in [0.25, 0.3) is 17.2 Å². The molecular formula is C19H18BrF3N6O3. The number of pyridine rings is 1. The van der Waals surface area contributed by atoms with Gasteiger partial charge in [0.25, 0.3) is 5.56 Å². The molecule has 0 saturated heterocycles. The molecule has 3 aromatic heterocycles. The van der Waals surface area contributed by atoms with Crippen LogP contribution in [0.2, 0.25) is 0 Å². The van der Waals surface area contributed by atoms with E-state index in [0.29, 0.717) is 29.4 Å². The van der Waals surface area contributed by atoms with Crippen LogP contribution < -0.4 is 5.56 Å². The van der Waals surface area contributed by atoms with Gasteiger partial charge in [-0.25, -0.2) is 14.2 Å². The quantitative estimate of drug-likeness (QED) is 0.518. The van der Waals surface area contributed by atoms with Gasteiger partial charge >= 0.3 is 12.1 Å². The van der Waals surface area contributed by atoms with Gasteiger partial charge in [-0.3, -0.25) is 14.3 Å². The van der Waals surface area contributed by atoms with E-state index in [2.05, 4.69) is 43.0 Å². The highest BCUT2D eigenvalue weighted by molar-refractivity contribution is 9.18. The lowest BCUT2D eigenvalue weighted by Crippen LogP contribution is -2.22. The molecule has 0 amide bonds. The fraction of sp³-hybridized carbons (Fsp3) is 0.368. The molecule has 32 heavy (non-hydrogen) atoms. The van der Waals surface area contributed by atoms with Crippen LogP contribution in [-0.4, -0.2) is 46.0 Å². The summed E-state index contributed by atoms with van der Waals surface area (Å²) in [5.41, 5.74) is 1.34. The maximum absolute atomic E-state index is 13.1. The van der Waals surface area contributed by atoms with Crippen LogP contribution in [-0.2, 0) is 17.8 Å². The molecule has 0 unspecified atom stereocenters. The van der Waals surface area contributed by atoms with Gasteiger partial charge in [0, 0.05) is 30.9 Å². The fourth-order valence-corrected chi connectivity index (χ4v) is 3.57. The maximum Gasteiger partial charge on any atom is 0.490 e. The number of hydrogen-bond acceptors (Lipinski definition) is 6. The molecule has 0 bridgehead atoms. The van der Waals surface area contributed by atoms with Gasteiger partial charge in [0.2, 0.25) is 5.78 Å². The number of carboxylic acid groups (broad SMARTS) is 1. The molecule has 0 aromatic carbocycles. The third kappa shape index (κ3) is 4.87. The van der Waals surface area contributed by atoms with Gasteiger partial charge in [0.05, 0.1) is 10.2 Å². The number of halogens is 4. The Hall–Kier alpha value is -3.09. The van der Waals surface area contributed by atoms with Crippen molar-refractivity contribution in [3.05, 3.63) is 40.4 Å². The van der Waals surface area contributed by atoms with Crippen LogP contribution in [0.5, 0.6) is 0 Å². The van der Waals surface area contributed by atoms with E-state index in [-0.39, 0.29) is 5.56 Å². The lowest BCUT2D eigenvalue weighted by Gasteiger charge is -2.12. The molecule has 1 aliphatic heterocycles. The summed E-state index contributed by atoms with van der Waals surface area (Å²) in [4.78, 5) is 30.6. The van der Waals surface area contributed by atoms with Crippen molar-refractivity contribution in [2.75, 3.05) is 0 Å². The van der Waals surface area contributed by atoms with Crippen LogP contribution in [0.1, 0.15) is 31.7 Å². The number of hydrogen-bond donors (Lipinski definition) is 1. The second-order valence-electron chi connectivity index (χ2n) is 6.83. The third-order valence-electron chi connectivity index (χ3n) is 4.57. The Bertz CT molecular complexity index is 1220. The number of aliphatic imine (C=N–C) groups is 1. The smallest absolute Gasteiger partial charge is 0.475 e. The van der Waals surface area contributed by atoms with Gasteiger partial charge in [-0.2, -0.15) is 13.2 Å². The predicted molar refractivity (Wildman–Crippen MR) is 113 cm³/mol. The molecule has 3 aromatic rings. The highest BCUT2D eigenvalue weighted by Gasteiger charge is 2.38. The van der Waals surface area contributed by atoms with Crippen LogP contribution in [0.3, 0.4) is 0 Å². The van der Waals surface area contributed by atoms with Gasteiger partial charge in [-0.15, -0.1) is 10.2 Å². The van der Waals surface area contributed by atoms with Crippen LogP contribution in [0.4, 0.5) is 19.0 Å². The molecule has 0 radical (unpaired) electrons. The van der Waals surface area contributed by atoms with Crippen molar-refractivity contribution in [2.24, 2.45) is 4.99 Å². The van der Waals surface area contributed by atoms with Crippen molar-refractivity contribution in [1.29, 1.82) is 0 Å². The monoisotopic (exact) mass is 514 g/mol. The first kappa shape index (κ1) is 23.6. The van der Waals surface area contributed by atoms with Crippen molar-refractivity contribution < 1.29 is 23.1 Å². The van der Waals surface area contributed by atoms with E-state index in [1.807, 2.05) is 16.7 Å². The van der Waals surface area contributed by atoms with E-state index in [1.54, 1.807) is 16.8 Å². The zero-order chi connectivity index (χ0) is 23.5. The number of alkyl halides is 3. The SMILES string of the molecule is CCCCCn1c2c(c(=O)n3c(-c4cccnc4)nnc13)CC(Br)=N2.O=C(O)C(F)(F)F. The van der Waals surface area contributed by atoms with Gasteiger partial charge in [-0.05, 0) is 34.5 Å². The molecule has 4 rings (SSSR count). The number of nitrogens with zero attached hydrogens (tertiary/aromatic N) is 6. The Balaban J connectivity index is 0.000000360. The summed E-state index contributed by atoms with van der Waals surface area (Å²) in [6.07, 6.45) is 2.04. The number of carboxylic acids is 1. The van der Waals surface area contributed by atoms with E-state index in [0.717, 1.165) is 36.0 Å². The summed E-state index contributed by atoms with van der Waals surface area (Å²) >= 11 is 3.44. The maximum atomic E-state index is 13.1. The van der Waals surface area contributed by atoms with E-state index in [1.165, 1.54) is 0 Å². The van der Waals surface area contributed by atoms with Crippen LogP contribution >= 0.6 is 15.9 Å². The predicted octanol–water partition coefficient (Wildman–Crippen LogP) is 3.76. The average molecular weight is 515 g/mol. The number of unbranched alkanes of at least 4 members (excludes halogenated alkanes) is 2. The van der Waals surface area contributed by atoms with Crippen molar-refractivity contribution in [1.82, 2.24) is 24.1 Å². The van der Waals surface area contributed by atoms with E-state index in [9.17, 15) is 18.0 Å². The second-order valence-corrected chi connectivity index (χ2v) is 7.75. The normalized spacial score (nSPS) is 12.8. The highest BCUT2D eigenvalue weighted by atomic mass is 79.9. The highest BCUT2D eigenvalue weighted by Crippen LogP contribution is 2.29. The third-order valence-corrected chi connectivity index (χ3v) is 5.03. The standard InChI is InChI=1S/C17H17BrN6O.C2HF3O2/c1-2-3-4-8-23-15-12(9-13(18)20-15)16(25)24-14(21-22-17(23)24)11-6-5-7-19-10-11;3-2(4,5)1(6)7/h5-7,10H,2-4,8-9H2,1H3;(H,6,7). The molecular weight excluding hydrogens is 497 g/mol. The zero-order valence-corrected chi connectivity index (χ0v) is 18.4. The first-order valence-electron chi connectivity index (χ1n) is 9.59. The molecule has 0 atom stereocenters. The van der Waals surface area contributed by atoms with Crippen molar-refractivity contribution in [3.8, 4) is 11.4 Å². The molecule has 13 heteroatoms. The number of aryl methyl sites for hydroxylation is 1. The largest absolute Gasteiger partial charge is 0.490 e. The number of carbonyl (C=O) groups is 1. The first-order valence-corrected chi connectivity index (χ1v) is 10.4. The average Bonchev–Trinajstić information content (AvgIpc) is 3.35. The number of fused-ring (bicyclic) bond motifs is 2. The molecule has 1 aliphatic rings. The van der Waals surface area contributed by atoms with Crippen LogP contribution in [0, 0.1) is 0 Å². The summed E-state index contributed by atoms with van der Waals surface area (Å²) in [7, 11) is 0. The van der Waals surface area contributed by atoms with E-state index < -0.39 is 12.1 Å². The van der Waals surface area contributed by atoms with Gasteiger partial charge in [0.15, 0.2) is 5.82 Å². The minimum atomic E-state index is -5.08. The molecule has 0 aliphatic carbocycles. The van der Waals surface area contributed by atoms with Gasteiger partial charge in [0.1, 0.15) is 5.82 Å². The van der Waals surface area contributed by atoms with Gasteiger partial charge in [-0.1, -0.05) is 19.8 Å². The molecule has 170 valence electrons. The minimum Gasteiger partial charge on any atom is -0.475 e. The minimum absolute atomic E-state index is 0.112. The molecule has 0 fully saturated rings. The van der Waals surface area contributed by atoms with E-state index >= 15 is 0 Å². The van der Waals surface area contributed by atoms with Crippen molar-refractivity contribution >= 4 is 38.1 Å². The summed E-state index contributed by atoms with van der Waals surface area (Å²) < 4.78 is 36.1. The Morgan fingerprint density at radius 2 is 2.00 bits per heavy atom. The molecule has 4 heterocycles. The Morgan fingerprint density at radius 3 is 2.59 bits per heavy atom. The Labute approximate surface area is 187 Å². The molecule has 1 N–H and O–H groups in total. The Kier molecular flexibility index (Phi) is 7.06.